The zero-order valence-corrected chi connectivity index (χ0v) is 15.5. The van der Waals surface area contributed by atoms with Crippen LogP contribution in [0.3, 0.4) is 0 Å². The van der Waals surface area contributed by atoms with Crippen molar-refractivity contribution >= 4 is 34.5 Å². The number of hydrogen-bond acceptors (Lipinski definition) is 3. The second kappa shape index (κ2) is 8.43. The molecule has 6 heteroatoms. The summed E-state index contributed by atoms with van der Waals surface area (Å²) in [6.07, 6.45) is 3.52. The van der Waals surface area contributed by atoms with E-state index in [-0.39, 0.29) is 5.57 Å². The minimum atomic E-state index is -0.406. The number of carbonyl (C=O) groups is 1. The largest absolute Gasteiger partial charge is 0.490 e. The second-order valence-corrected chi connectivity index (χ2v) is 6.23. The minimum absolute atomic E-state index is 0.0627. The number of halogens is 1. The molecule has 5 nitrogen and oxygen atoms in total. The van der Waals surface area contributed by atoms with Crippen molar-refractivity contribution in [2.75, 3.05) is 13.7 Å². The van der Waals surface area contributed by atoms with E-state index in [2.05, 4.69) is 5.32 Å². The quantitative estimate of drug-likeness (QED) is 0.519. The molecule has 1 amide bonds. The number of carbonyl (C=O) groups excluding carboxylic acids is 1. The molecule has 1 heterocycles. The van der Waals surface area contributed by atoms with E-state index in [1.807, 2.05) is 59.3 Å². The number of fused-ring (bicyclic) bond motifs is 1. The van der Waals surface area contributed by atoms with Gasteiger partial charge in [-0.25, -0.2) is 0 Å². The molecule has 3 aromatic rings. The second-order valence-electron chi connectivity index (χ2n) is 5.82. The van der Waals surface area contributed by atoms with Gasteiger partial charge >= 0.3 is 0 Å². The Morgan fingerprint density at radius 2 is 2.00 bits per heavy atom. The first kappa shape index (κ1) is 18.6. The van der Waals surface area contributed by atoms with Crippen LogP contribution in [0.2, 0.25) is 5.02 Å². The number of nitrogens with one attached hydrogen (secondary N) is 1. The van der Waals surface area contributed by atoms with Crippen LogP contribution in [0.15, 0.2) is 60.3 Å². The van der Waals surface area contributed by atoms with E-state index < -0.39 is 5.91 Å². The van der Waals surface area contributed by atoms with Crippen LogP contribution in [0.4, 0.5) is 0 Å². The lowest BCUT2D eigenvalue weighted by Gasteiger charge is -2.09. The maximum Gasteiger partial charge on any atom is 0.261 e. The summed E-state index contributed by atoms with van der Waals surface area (Å²) in [6.45, 7) is 1.04. The highest BCUT2D eigenvalue weighted by Gasteiger charge is 2.11. The van der Waals surface area contributed by atoms with E-state index in [0.29, 0.717) is 23.9 Å². The number of nitriles is 1. The topological polar surface area (TPSA) is 67.0 Å². The molecule has 1 N–H and O–H groups in total. The Labute approximate surface area is 162 Å². The molecule has 0 aliphatic carbocycles. The number of hydrogen-bond donors (Lipinski definition) is 1. The van der Waals surface area contributed by atoms with Gasteiger partial charge in [0, 0.05) is 29.7 Å². The fourth-order valence-corrected chi connectivity index (χ4v) is 3.02. The van der Waals surface area contributed by atoms with Crippen LogP contribution < -0.4 is 10.1 Å². The van der Waals surface area contributed by atoms with Gasteiger partial charge in [-0.2, -0.15) is 5.26 Å². The van der Waals surface area contributed by atoms with Crippen molar-refractivity contribution < 1.29 is 9.53 Å². The van der Waals surface area contributed by atoms with Crippen LogP contribution >= 0.6 is 11.6 Å². The van der Waals surface area contributed by atoms with Crippen molar-refractivity contribution in [3.05, 3.63) is 70.9 Å². The van der Waals surface area contributed by atoms with Crippen LogP contribution in [0.1, 0.15) is 5.56 Å². The summed E-state index contributed by atoms with van der Waals surface area (Å²) >= 11 is 6.11. The highest BCUT2D eigenvalue weighted by atomic mass is 35.5. The van der Waals surface area contributed by atoms with E-state index >= 15 is 0 Å². The normalized spacial score (nSPS) is 11.2. The molecule has 0 aliphatic rings. The first-order valence-corrected chi connectivity index (χ1v) is 8.81. The molecule has 27 heavy (non-hydrogen) atoms. The lowest BCUT2D eigenvalue weighted by atomic mass is 10.1. The van der Waals surface area contributed by atoms with E-state index in [1.54, 1.807) is 12.1 Å². The van der Waals surface area contributed by atoms with Gasteiger partial charge in [-0.15, -0.1) is 0 Å². The maximum absolute atomic E-state index is 11.8. The van der Waals surface area contributed by atoms with E-state index in [0.717, 1.165) is 16.5 Å². The fourth-order valence-electron chi connectivity index (χ4n) is 2.83. The monoisotopic (exact) mass is 379 g/mol. The molecular weight excluding hydrogens is 362 g/mol. The van der Waals surface area contributed by atoms with Gasteiger partial charge in [0.1, 0.15) is 24.0 Å². The smallest absolute Gasteiger partial charge is 0.261 e. The highest BCUT2D eigenvalue weighted by molar-refractivity contribution is 6.32. The third-order valence-electron chi connectivity index (χ3n) is 4.14. The van der Waals surface area contributed by atoms with Crippen molar-refractivity contribution in [2.24, 2.45) is 0 Å². The number of ether oxygens (including phenoxy) is 1. The molecule has 0 bridgehead atoms. The van der Waals surface area contributed by atoms with Crippen LogP contribution in [-0.4, -0.2) is 24.1 Å². The first-order chi connectivity index (χ1) is 13.1. The zero-order valence-electron chi connectivity index (χ0n) is 14.8. The molecule has 1 aromatic heterocycles. The lowest BCUT2D eigenvalue weighted by Crippen LogP contribution is -2.19. The van der Waals surface area contributed by atoms with Gasteiger partial charge in [0.15, 0.2) is 0 Å². The number of likely N-dealkylation sites (N-methyl/N-ethyl adjacent to an activating group) is 1. The predicted octanol–water partition coefficient (Wildman–Crippen LogP) is 4.03. The number of benzene rings is 2. The van der Waals surface area contributed by atoms with E-state index in [4.69, 9.17) is 16.3 Å². The standard InChI is InChI=1S/C21H18ClN3O2/c1-24-21(26)15(13-23)12-16-14-25(19-8-4-2-6-17(16)19)10-11-27-20-9-5-3-7-18(20)22/h2-9,12,14H,10-11H2,1H3,(H,24,26). The van der Waals surface area contributed by atoms with Crippen molar-refractivity contribution in [3.8, 4) is 11.8 Å². The molecule has 0 atom stereocenters. The average molecular weight is 380 g/mol. The molecule has 2 aromatic carbocycles. The summed E-state index contributed by atoms with van der Waals surface area (Å²) in [4.78, 5) is 11.8. The van der Waals surface area contributed by atoms with Crippen molar-refractivity contribution in [3.63, 3.8) is 0 Å². The Kier molecular flexibility index (Phi) is 5.80. The third kappa shape index (κ3) is 4.13. The first-order valence-electron chi connectivity index (χ1n) is 8.43. The number of amides is 1. The molecule has 0 fully saturated rings. The Balaban J connectivity index is 1.87. The Bertz CT molecular complexity index is 1050. The SMILES string of the molecule is CNC(=O)C(C#N)=Cc1cn(CCOc2ccccc2Cl)c2ccccc12. The van der Waals surface area contributed by atoms with Gasteiger partial charge < -0.3 is 14.6 Å². The van der Waals surface area contributed by atoms with E-state index in [1.165, 1.54) is 7.05 Å². The molecule has 0 spiro atoms. The average Bonchev–Trinajstić information content (AvgIpc) is 3.04. The van der Waals surface area contributed by atoms with Crippen LogP contribution in [-0.2, 0) is 11.3 Å². The minimum Gasteiger partial charge on any atom is -0.490 e. The predicted molar refractivity (Wildman–Crippen MR) is 107 cm³/mol. The van der Waals surface area contributed by atoms with Crippen molar-refractivity contribution in [2.45, 2.75) is 6.54 Å². The van der Waals surface area contributed by atoms with Gasteiger partial charge in [-0.1, -0.05) is 41.9 Å². The number of rotatable bonds is 6. The molecule has 0 saturated carbocycles. The van der Waals surface area contributed by atoms with Gasteiger partial charge in [0.2, 0.25) is 0 Å². The summed E-state index contributed by atoms with van der Waals surface area (Å²) < 4.78 is 7.81. The third-order valence-corrected chi connectivity index (χ3v) is 4.45. The molecular formula is C21H18ClN3O2. The molecule has 0 saturated heterocycles. The van der Waals surface area contributed by atoms with Crippen molar-refractivity contribution in [1.82, 2.24) is 9.88 Å². The summed E-state index contributed by atoms with van der Waals surface area (Å²) in [7, 11) is 1.50. The zero-order chi connectivity index (χ0) is 19.2. The van der Waals surface area contributed by atoms with Crippen LogP contribution in [0, 0.1) is 11.3 Å². The van der Waals surface area contributed by atoms with Gasteiger partial charge in [-0.05, 0) is 24.3 Å². The number of para-hydroxylation sites is 2. The van der Waals surface area contributed by atoms with Crippen LogP contribution in [0.5, 0.6) is 5.75 Å². The summed E-state index contributed by atoms with van der Waals surface area (Å²) in [5.41, 5.74) is 1.87. The van der Waals surface area contributed by atoms with Gasteiger partial charge in [-0.3, -0.25) is 4.79 Å². The van der Waals surface area contributed by atoms with E-state index in [9.17, 15) is 10.1 Å². The van der Waals surface area contributed by atoms with Crippen LogP contribution in [0.25, 0.3) is 17.0 Å². The Hall–Kier alpha value is -3.23. The molecule has 136 valence electrons. The molecule has 3 rings (SSSR count). The van der Waals surface area contributed by atoms with Gasteiger partial charge in [0.05, 0.1) is 11.6 Å². The lowest BCUT2D eigenvalue weighted by molar-refractivity contribution is -0.116. The maximum atomic E-state index is 11.8. The molecule has 0 unspecified atom stereocenters. The summed E-state index contributed by atoms with van der Waals surface area (Å²) in [5.74, 6) is 0.235. The fraction of sp³-hybridized carbons (Fsp3) is 0.143. The number of nitrogens with zero attached hydrogens (tertiary/aromatic N) is 2. The summed E-state index contributed by atoms with van der Waals surface area (Å²) in [6, 6.07) is 17.1. The molecule has 0 aliphatic heterocycles. The highest BCUT2D eigenvalue weighted by Crippen LogP contribution is 2.25. The van der Waals surface area contributed by atoms with Gasteiger partial charge in [0.25, 0.3) is 5.91 Å². The number of aromatic nitrogens is 1. The Morgan fingerprint density at radius 3 is 2.74 bits per heavy atom. The van der Waals surface area contributed by atoms with Crippen molar-refractivity contribution in [1.29, 1.82) is 5.26 Å². The summed E-state index contributed by atoms with van der Waals surface area (Å²) in [5, 5.41) is 13.3. The molecule has 0 radical (unpaired) electrons. The Morgan fingerprint density at radius 1 is 1.26 bits per heavy atom.